The summed E-state index contributed by atoms with van der Waals surface area (Å²) in [7, 11) is 0. The summed E-state index contributed by atoms with van der Waals surface area (Å²) in [5.41, 5.74) is 5.87. The zero-order valence-electron chi connectivity index (χ0n) is 14.6. The summed E-state index contributed by atoms with van der Waals surface area (Å²) in [6, 6.07) is 6.60. The normalized spacial score (nSPS) is 12.7. The van der Waals surface area contributed by atoms with E-state index in [0.717, 1.165) is 5.56 Å². The van der Waals surface area contributed by atoms with Crippen LogP contribution in [-0.2, 0) is 25.7 Å². The molecule has 0 fully saturated rings. The fourth-order valence-electron chi connectivity index (χ4n) is 2.09. The van der Waals surface area contributed by atoms with Crippen molar-refractivity contribution in [2.45, 2.75) is 39.0 Å². The molecular formula is C17H23N3O6. The molecule has 0 spiro atoms. The Bertz CT molecular complexity index is 647. The van der Waals surface area contributed by atoms with Gasteiger partial charge >= 0.3 is 12.1 Å². The summed E-state index contributed by atoms with van der Waals surface area (Å²) in [6.07, 6.45) is -1.46. The van der Waals surface area contributed by atoms with Crippen LogP contribution >= 0.6 is 0 Å². The maximum atomic E-state index is 12.3. The first kappa shape index (κ1) is 20.9. The van der Waals surface area contributed by atoms with Gasteiger partial charge in [-0.15, -0.1) is 0 Å². The Morgan fingerprint density at radius 2 is 1.73 bits per heavy atom. The molecule has 0 aliphatic carbocycles. The van der Waals surface area contributed by atoms with E-state index in [9.17, 15) is 19.2 Å². The van der Waals surface area contributed by atoms with Gasteiger partial charge in [0, 0.05) is 0 Å². The second-order valence-corrected chi connectivity index (χ2v) is 5.99. The average Bonchev–Trinajstić information content (AvgIpc) is 2.57. The van der Waals surface area contributed by atoms with E-state index in [2.05, 4.69) is 10.6 Å². The van der Waals surface area contributed by atoms with Crippen LogP contribution in [0.1, 0.15) is 25.8 Å². The second-order valence-electron chi connectivity index (χ2n) is 5.99. The van der Waals surface area contributed by atoms with Gasteiger partial charge in [0.15, 0.2) is 0 Å². The zero-order chi connectivity index (χ0) is 19.7. The number of nitrogens with two attached hydrogens (primary N) is 1. The first-order valence-corrected chi connectivity index (χ1v) is 7.99. The highest BCUT2D eigenvalue weighted by Crippen LogP contribution is 2.06. The summed E-state index contributed by atoms with van der Waals surface area (Å²) in [6.45, 7) is 3.39. The minimum absolute atomic E-state index is 0.0298. The van der Waals surface area contributed by atoms with Crippen molar-refractivity contribution < 1.29 is 29.0 Å². The molecule has 0 radical (unpaired) electrons. The summed E-state index contributed by atoms with van der Waals surface area (Å²) in [5, 5.41) is 13.4. The third-order valence-corrected chi connectivity index (χ3v) is 3.47. The number of carboxylic acids is 1. The fourth-order valence-corrected chi connectivity index (χ4v) is 2.09. The van der Waals surface area contributed by atoms with Gasteiger partial charge in [-0.2, -0.15) is 0 Å². The van der Waals surface area contributed by atoms with Gasteiger partial charge in [-0.1, -0.05) is 44.2 Å². The van der Waals surface area contributed by atoms with Crippen LogP contribution < -0.4 is 16.4 Å². The molecule has 5 N–H and O–H groups in total. The predicted octanol–water partition coefficient (Wildman–Crippen LogP) is 0.382. The molecular weight excluding hydrogens is 342 g/mol. The van der Waals surface area contributed by atoms with Crippen LogP contribution in [0, 0.1) is 5.92 Å². The number of ether oxygens (including phenoxy) is 1. The Balaban J connectivity index is 2.65. The molecule has 0 aliphatic heterocycles. The number of hydrogen-bond acceptors (Lipinski definition) is 5. The summed E-state index contributed by atoms with van der Waals surface area (Å²) >= 11 is 0. The van der Waals surface area contributed by atoms with Crippen molar-refractivity contribution in [2.24, 2.45) is 11.7 Å². The highest BCUT2D eigenvalue weighted by molar-refractivity contribution is 5.92. The minimum atomic E-state index is -1.37. The van der Waals surface area contributed by atoms with Crippen LogP contribution in [0.4, 0.5) is 4.79 Å². The fraction of sp³-hybridized carbons (Fsp3) is 0.412. The van der Waals surface area contributed by atoms with Crippen LogP contribution in [0.2, 0.25) is 0 Å². The molecule has 0 aliphatic rings. The van der Waals surface area contributed by atoms with E-state index in [0.29, 0.717) is 0 Å². The van der Waals surface area contributed by atoms with E-state index < -0.39 is 42.4 Å². The van der Waals surface area contributed by atoms with Gasteiger partial charge in [-0.3, -0.25) is 14.4 Å². The predicted molar refractivity (Wildman–Crippen MR) is 91.8 cm³/mol. The monoisotopic (exact) mass is 365 g/mol. The lowest BCUT2D eigenvalue weighted by atomic mass is 10.0. The van der Waals surface area contributed by atoms with Crippen molar-refractivity contribution >= 4 is 23.9 Å². The Labute approximate surface area is 150 Å². The van der Waals surface area contributed by atoms with E-state index in [4.69, 9.17) is 15.6 Å². The van der Waals surface area contributed by atoms with Crippen molar-refractivity contribution in [1.82, 2.24) is 10.6 Å². The van der Waals surface area contributed by atoms with Crippen LogP contribution in [0.3, 0.4) is 0 Å². The molecule has 1 aromatic rings. The molecule has 9 heteroatoms. The third kappa shape index (κ3) is 7.20. The Kier molecular flexibility index (Phi) is 8.07. The number of carboxylic acid groups (broad SMARTS) is 1. The number of hydrogen-bond donors (Lipinski definition) is 4. The molecule has 1 rings (SSSR count). The molecule has 2 atom stereocenters. The molecule has 0 saturated carbocycles. The number of rotatable bonds is 9. The van der Waals surface area contributed by atoms with Crippen molar-refractivity contribution in [2.75, 3.05) is 0 Å². The van der Waals surface area contributed by atoms with E-state index in [1.165, 1.54) is 0 Å². The standard InChI is InChI=1S/C17H23N3O6/c1-10(2)14(16(24)19-12(15(18)23)8-13(21)22)20-17(25)26-9-11-6-4-3-5-7-11/h3-7,10,12,14H,8-9H2,1-2H3,(H2,18,23)(H,19,24)(H,20,25)(H,21,22)/t12-,14-/m1/s1. The maximum Gasteiger partial charge on any atom is 0.408 e. The van der Waals surface area contributed by atoms with E-state index >= 15 is 0 Å². The highest BCUT2D eigenvalue weighted by atomic mass is 16.5. The number of carbonyl (C=O) groups is 4. The molecule has 142 valence electrons. The molecule has 9 nitrogen and oxygen atoms in total. The summed E-state index contributed by atoms with van der Waals surface area (Å²) in [4.78, 5) is 46.3. The van der Waals surface area contributed by atoms with E-state index in [1.54, 1.807) is 38.1 Å². The van der Waals surface area contributed by atoms with Crippen molar-refractivity contribution in [3.63, 3.8) is 0 Å². The van der Waals surface area contributed by atoms with Gasteiger partial charge in [-0.05, 0) is 11.5 Å². The second kappa shape index (κ2) is 10.0. The van der Waals surface area contributed by atoms with Crippen LogP contribution in [-0.4, -0.2) is 41.1 Å². The largest absolute Gasteiger partial charge is 0.481 e. The van der Waals surface area contributed by atoms with Crippen molar-refractivity contribution in [3.05, 3.63) is 35.9 Å². The number of primary amides is 1. The number of alkyl carbamates (subject to hydrolysis) is 1. The number of benzene rings is 1. The summed E-state index contributed by atoms with van der Waals surface area (Å²) < 4.78 is 5.06. The smallest absolute Gasteiger partial charge is 0.408 e. The molecule has 0 heterocycles. The molecule has 3 amide bonds. The van der Waals surface area contributed by atoms with E-state index in [-0.39, 0.29) is 12.5 Å². The topological polar surface area (TPSA) is 148 Å². The van der Waals surface area contributed by atoms with Crippen LogP contribution in [0.25, 0.3) is 0 Å². The molecule has 0 unspecified atom stereocenters. The zero-order valence-corrected chi connectivity index (χ0v) is 14.6. The molecule has 0 bridgehead atoms. The number of aliphatic carboxylic acids is 1. The van der Waals surface area contributed by atoms with Gasteiger partial charge in [0.1, 0.15) is 18.7 Å². The van der Waals surface area contributed by atoms with Gasteiger partial charge in [-0.25, -0.2) is 4.79 Å². The van der Waals surface area contributed by atoms with Crippen LogP contribution in [0.5, 0.6) is 0 Å². The molecule has 26 heavy (non-hydrogen) atoms. The van der Waals surface area contributed by atoms with Gasteiger partial charge in [0.25, 0.3) is 0 Å². The first-order chi connectivity index (χ1) is 12.2. The number of carbonyl (C=O) groups excluding carboxylic acids is 3. The van der Waals surface area contributed by atoms with E-state index in [1.807, 2.05) is 6.07 Å². The molecule has 0 aromatic heterocycles. The maximum absolute atomic E-state index is 12.3. The molecule has 1 aromatic carbocycles. The summed E-state index contributed by atoms with van der Waals surface area (Å²) in [5.74, 6) is -3.32. The third-order valence-electron chi connectivity index (χ3n) is 3.47. The molecule has 0 saturated heterocycles. The lowest BCUT2D eigenvalue weighted by molar-refractivity contribution is -0.140. The Hall–Kier alpha value is -3.10. The lowest BCUT2D eigenvalue weighted by Gasteiger charge is -2.23. The highest BCUT2D eigenvalue weighted by Gasteiger charge is 2.29. The SMILES string of the molecule is CC(C)[C@@H](NC(=O)OCc1ccccc1)C(=O)N[C@H](CC(=O)O)C(N)=O. The Morgan fingerprint density at radius 1 is 1.12 bits per heavy atom. The van der Waals surface area contributed by atoms with Gasteiger partial charge in [0.2, 0.25) is 11.8 Å². The van der Waals surface area contributed by atoms with Crippen molar-refractivity contribution in [3.8, 4) is 0 Å². The number of amides is 3. The quantitative estimate of drug-likeness (QED) is 0.497. The van der Waals surface area contributed by atoms with Crippen molar-refractivity contribution in [1.29, 1.82) is 0 Å². The van der Waals surface area contributed by atoms with Gasteiger partial charge in [0.05, 0.1) is 6.42 Å². The Morgan fingerprint density at radius 3 is 2.23 bits per heavy atom. The van der Waals surface area contributed by atoms with Crippen LogP contribution in [0.15, 0.2) is 30.3 Å². The number of nitrogens with one attached hydrogen (secondary N) is 2. The first-order valence-electron chi connectivity index (χ1n) is 7.99. The van der Waals surface area contributed by atoms with Gasteiger partial charge < -0.3 is 26.2 Å². The average molecular weight is 365 g/mol. The lowest BCUT2D eigenvalue weighted by Crippen LogP contribution is -2.55. The minimum Gasteiger partial charge on any atom is -0.481 e.